The van der Waals surface area contributed by atoms with Crippen LogP contribution in [0.2, 0.25) is 0 Å². The standard InChI is InChI=1S/C26H19N5O2S/c1-15-12-19(16(2)30(15)20-10-9-17-6-3-4-7-18(17)13-20)14-21-23(27)31-26(28-24(21)32)34-25(29-31)22-8-5-11-33-22/h3-14,27H,1-2H3. The molecule has 4 heterocycles. The summed E-state index contributed by atoms with van der Waals surface area (Å²) < 4.78 is 7.56. The number of aliphatic imine (C=N–C) groups is 1. The number of carbonyl (C=O) groups excluding carboxylic acids is 1. The molecule has 0 radical (unpaired) electrons. The van der Waals surface area contributed by atoms with Gasteiger partial charge in [-0.05, 0) is 78.4 Å². The minimum absolute atomic E-state index is 0.000403. The van der Waals surface area contributed by atoms with Crippen molar-refractivity contribution < 1.29 is 9.21 Å². The summed E-state index contributed by atoms with van der Waals surface area (Å²) in [4.78, 5) is 17.0. The fraction of sp³-hybridized carbons (Fsp3) is 0.0769. The summed E-state index contributed by atoms with van der Waals surface area (Å²) in [5.74, 6) is 0.126. The molecular weight excluding hydrogens is 446 g/mol. The molecule has 34 heavy (non-hydrogen) atoms. The van der Waals surface area contributed by atoms with E-state index in [4.69, 9.17) is 9.83 Å². The molecule has 2 aromatic heterocycles. The van der Waals surface area contributed by atoms with E-state index in [0.29, 0.717) is 16.0 Å². The number of hydrogen-bond donors (Lipinski definition) is 1. The summed E-state index contributed by atoms with van der Waals surface area (Å²) in [7, 11) is 0. The van der Waals surface area contributed by atoms with Crippen molar-refractivity contribution in [1.82, 2.24) is 9.58 Å². The number of amides is 1. The van der Waals surface area contributed by atoms with E-state index in [1.165, 1.54) is 22.2 Å². The number of benzene rings is 2. The molecule has 0 atom stereocenters. The Hall–Kier alpha value is -4.17. The van der Waals surface area contributed by atoms with E-state index in [1.54, 1.807) is 24.5 Å². The number of amidine groups is 2. The highest BCUT2D eigenvalue weighted by molar-refractivity contribution is 8.27. The first-order chi connectivity index (χ1) is 16.5. The Morgan fingerprint density at radius 3 is 2.65 bits per heavy atom. The third-order valence-electron chi connectivity index (χ3n) is 5.95. The molecule has 0 unspecified atom stereocenters. The molecule has 2 aliphatic rings. The van der Waals surface area contributed by atoms with E-state index >= 15 is 0 Å². The molecule has 0 fully saturated rings. The Kier molecular flexibility index (Phi) is 4.63. The predicted octanol–water partition coefficient (Wildman–Crippen LogP) is 5.51. The lowest BCUT2D eigenvalue weighted by Gasteiger charge is -2.20. The second kappa shape index (κ2) is 7.71. The van der Waals surface area contributed by atoms with Crippen LogP contribution in [0.5, 0.6) is 0 Å². The van der Waals surface area contributed by atoms with E-state index in [2.05, 4.69) is 45.0 Å². The maximum absolute atomic E-state index is 12.8. The van der Waals surface area contributed by atoms with E-state index in [-0.39, 0.29) is 11.4 Å². The van der Waals surface area contributed by atoms with E-state index in [9.17, 15) is 4.79 Å². The van der Waals surface area contributed by atoms with Crippen molar-refractivity contribution in [2.45, 2.75) is 13.8 Å². The summed E-state index contributed by atoms with van der Waals surface area (Å²) in [5, 5.41) is 17.8. The Labute approximate surface area is 199 Å². The van der Waals surface area contributed by atoms with Gasteiger partial charge in [0.05, 0.1) is 11.8 Å². The van der Waals surface area contributed by atoms with Crippen molar-refractivity contribution in [2.24, 2.45) is 10.1 Å². The highest BCUT2D eigenvalue weighted by atomic mass is 32.2. The van der Waals surface area contributed by atoms with Gasteiger partial charge in [0.25, 0.3) is 5.91 Å². The minimum Gasteiger partial charge on any atom is -0.462 e. The van der Waals surface area contributed by atoms with Crippen LogP contribution in [0.4, 0.5) is 0 Å². The fourth-order valence-corrected chi connectivity index (χ4v) is 5.15. The van der Waals surface area contributed by atoms with Crippen LogP contribution in [0.3, 0.4) is 0 Å². The quantitative estimate of drug-likeness (QED) is 0.404. The number of carbonyl (C=O) groups is 1. The summed E-state index contributed by atoms with van der Waals surface area (Å²) in [6.45, 7) is 4.05. The van der Waals surface area contributed by atoms with Crippen LogP contribution < -0.4 is 0 Å². The van der Waals surface area contributed by atoms with E-state index in [1.807, 2.05) is 32.0 Å². The zero-order valence-electron chi connectivity index (χ0n) is 18.4. The number of aromatic nitrogens is 1. The number of fused-ring (bicyclic) bond motifs is 2. The molecule has 2 aromatic carbocycles. The Morgan fingerprint density at radius 2 is 1.85 bits per heavy atom. The molecule has 0 saturated carbocycles. The topological polar surface area (TPSA) is 87.0 Å². The molecular formula is C26H19N5O2S. The number of nitrogens with zero attached hydrogens (tertiary/aromatic N) is 4. The molecule has 0 saturated heterocycles. The SMILES string of the molecule is Cc1cc(C=C2C(=N)N3N=C(c4ccco4)SC3=NC2=O)c(C)n1-c1ccc2ccccc2c1. The smallest absolute Gasteiger partial charge is 0.283 e. The molecule has 166 valence electrons. The first-order valence-corrected chi connectivity index (χ1v) is 11.5. The monoisotopic (exact) mass is 465 g/mol. The van der Waals surface area contributed by atoms with Crippen molar-refractivity contribution in [3.8, 4) is 5.69 Å². The average Bonchev–Trinajstić information content (AvgIpc) is 3.56. The van der Waals surface area contributed by atoms with Crippen LogP contribution in [0.1, 0.15) is 22.7 Å². The van der Waals surface area contributed by atoms with E-state index < -0.39 is 5.91 Å². The summed E-state index contributed by atoms with van der Waals surface area (Å²) in [6.07, 6.45) is 3.29. The largest absolute Gasteiger partial charge is 0.462 e. The number of furan rings is 1. The maximum atomic E-state index is 12.8. The number of aryl methyl sites for hydroxylation is 1. The van der Waals surface area contributed by atoms with Gasteiger partial charge in [0.15, 0.2) is 16.6 Å². The third kappa shape index (κ3) is 3.22. The Bertz CT molecular complexity index is 1590. The highest BCUT2D eigenvalue weighted by Gasteiger charge is 2.36. The van der Waals surface area contributed by atoms with Crippen LogP contribution in [0.25, 0.3) is 22.5 Å². The molecule has 1 amide bonds. The number of rotatable bonds is 3. The van der Waals surface area contributed by atoms with Gasteiger partial charge in [0.1, 0.15) is 0 Å². The zero-order valence-corrected chi connectivity index (χ0v) is 19.3. The molecule has 7 nitrogen and oxygen atoms in total. The highest BCUT2D eigenvalue weighted by Crippen LogP contribution is 2.32. The van der Waals surface area contributed by atoms with Crippen molar-refractivity contribution in [1.29, 1.82) is 5.41 Å². The van der Waals surface area contributed by atoms with Crippen molar-refractivity contribution in [3.63, 3.8) is 0 Å². The number of hydrazone groups is 1. The second-order valence-electron chi connectivity index (χ2n) is 8.10. The minimum atomic E-state index is -0.449. The summed E-state index contributed by atoms with van der Waals surface area (Å²) >= 11 is 1.22. The number of thioether (sulfide) groups is 1. The van der Waals surface area contributed by atoms with Gasteiger partial charge in [-0.3, -0.25) is 10.2 Å². The van der Waals surface area contributed by atoms with Gasteiger partial charge in [0, 0.05) is 17.1 Å². The molecule has 0 aliphatic carbocycles. The van der Waals surface area contributed by atoms with Crippen LogP contribution in [0, 0.1) is 19.3 Å². The van der Waals surface area contributed by atoms with Crippen molar-refractivity contribution in [3.05, 3.63) is 95.2 Å². The van der Waals surface area contributed by atoms with Crippen LogP contribution in [0.15, 0.2) is 87.0 Å². The predicted molar refractivity (Wildman–Crippen MR) is 136 cm³/mol. The third-order valence-corrected chi connectivity index (χ3v) is 6.87. The molecule has 1 N–H and O–H groups in total. The number of hydrogen-bond acceptors (Lipinski definition) is 5. The van der Waals surface area contributed by atoms with Gasteiger partial charge in [-0.2, -0.15) is 15.1 Å². The fourth-order valence-electron chi connectivity index (χ4n) is 4.29. The van der Waals surface area contributed by atoms with Crippen LogP contribution >= 0.6 is 11.8 Å². The van der Waals surface area contributed by atoms with Gasteiger partial charge in [-0.25, -0.2) is 0 Å². The molecule has 0 spiro atoms. The summed E-state index contributed by atoms with van der Waals surface area (Å²) in [6, 6.07) is 20.2. The van der Waals surface area contributed by atoms with Crippen molar-refractivity contribution >= 4 is 50.6 Å². The normalized spacial score (nSPS) is 16.9. The van der Waals surface area contributed by atoms with E-state index in [0.717, 1.165) is 28.0 Å². The van der Waals surface area contributed by atoms with Gasteiger partial charge < -0.3 is 8.98 Å². The van der Waals surface area contributed by atoms with Gasteiger partial charge in [-0.1, -0.05) is 30.3 Å². The van der Waals surface area contributed by atoms with Crippen molar-refractivity contribution in [2.75, 3.05) is 0 Å². The Balaban J connectivity index is 1.38. The number of nitrogens with one attached hydrogen (secondary N) is 1. The zero-order chi connectivity index (χ0) is 23.4. The van der Waals surface area contributed by atoms with Gasteiger partial charge in [-0.15, -0.1) is 0 Å². The lowest BCUT2D eigenvalue weighted by atomic mass is 10.1. The summed E-state index contributed by atoms with van der Waals surface area (Å²) in [5.41, 5.74) is 4.12. The van der Waals surface area contributed by atoms with Gasteiger partial charge >= 0.3 is 0 Å². The lowest BCUT2D eigenvalue weighted by molar-refractivity contribution is -0.114. The molecule has 4 aromatic rings. The first-order valence-electron chi connectivity index (χ1n) is 10.7. The lowest BCUT2D eigenvalue weighted by Crippen LogP contribution is -2.35. The van der Waals surface area contributed by atoms with Crippen LogP contribution in [-0.4, -0.2) is 31.5 Å². The Morgan fingerprint density at radius 1 is 1.03 bits per heavy atom. The molecule has 6 rings (SSSR count). The molecule has 2 aliphatic heterocycles. The van der Waals surface area contributed by atoms with Crippen LogP contribution in [-0.2, 0) is 4.79 Å². The van der Waals surface area contributed by atoms with Gasteiger partial charge in [0.2, 0.25) is 5.17 Å². The maximum Gasteiger partial charge on any atom is 0.283 e. The average molecular weight is 466 g/mol. The first kappa shape index (κ1) is 20.4. The molecule has 0 bridgehead atoms. The molecule has 8 heteroatoms. The second-order valence-corrected chi connectivity index (χ2v) is 9.05.